The third kappa shape index (κ3) is 7.30. The number of amides is 1. The van der Waals surface area contributed by atoms with E-state index < -0.39 is 6.04 Å². The minimum atomic E-state index is -0.594. The van der Waals surface area contributed by atoms with Crippen LogP contribution in [0, 0.1) is 6.92 Å². The van der Waals surface area contributed by atoms with Crippen molar-refractivity contribution in [2.45, 2.75) is 19.9 Å². The van der Waals surface area contributed by atoms with E-state index in [2.05, 4.69) is 17.4 Å². The van der Waals surface area contributed by atoms with Crippen LogP contribution in [-0.4, -0.2) is 22.8 Å². The van der Waals surface area contributed by atoms with Gasteiger partial charge in [-0.05, 0) is 24.6 Å². The molecule has 0 saturated heterocycles. The number of benzene rings is 1. The molecule has 2 aromatic rings. The van der Waals surface area contributed by atoms with Gasteiger partial charge in [-0.15, -0.1) is 0 Å². The monoisotopic (exact) mass is 416 g/mol. The van der Waals surface area contributed by atoms with Crippen LogP contribution in [-0.2, 0) is 9.59 Å². The second-order valence-corrected chi connectivity index (χ2v) is 7.49. The average Bonchev–Trinajstić information content (AvgIpc) is 2.60. The molecule has 1 atom stereocenters. The van der Waals surface area contributed by atoms with Crippen molar-refractivity contribution in [3.63, 3.8) is 0 Å². The largest absolute Gasteiger partial charge is 0.423 e. The summed E-state index contributed by atoms with van der Waals surface area (Å²) in [7, 11) is 2.34. The van der Waals surface area contributed by atoms with E-state index in [9.17, 15) is 14.4 Å². The molecule has 0 fully saturated rings. The molecule has 1 heterocycles. The first-order valence-corrected chi connectivity index (χ1v) is 10.1. The molecule has 0 aliphatic heterocycles. The van der Waals surface area contributed by atoms with Crippen LogP contribution >= 0.6 is 34.4 Å². The second kappa shape index (κ2) is 11.1. The van der Waals surface area contributed by atoms with Gasteiger partial charge in [0.15, 0.2) is 5.12 Å². The molecule has 142 valence electrons. The van der Waals surface area contributed by atoms with Crippen LogP contribution in [0.5, 0.6) is 0 Å². The number of aryl methyl sites for hydroxylation is 1. The summed E-state index contributed by atoms with van der Waals surface area (Å²) in [5.41, 5.74) is 8.92. The summed E-state index contributed by atoms with van der Waals surface area (Å²) in [6.07, 6.45) is 0. The average molecular weight is 417 g/mol. The molecule has 11 heteroatoms. The Labute approximate surface area is 163 Å². The Morgan fingerprint density at radius 2 is 2.04 bits per heavy atom. The lowest BCUT2D eigenvalue weighted by molar-refractivity contribution is -0.121. The predicted octanol–water partition coefficient (Wildman–Crippen LogP) is 1.59. The lowest BCUT2D eigenvalue weighted by Gasteiger charge is -2.05. The first kappa shape index (κ1) is 22.4. The van der Waals surface area contributed by atoms with Gasteiger partial charge in [0.1, 0.15) is 5.58 Å². The summed E-state index contributed by atoms with van der Waals surface area (Å²) in [4.78, 5) is 32.4. The van der Waals surface area contributed by atoms with Gasteiger partial charge in [0.05, 0.1) is 6.04 Å². The number of nitrogens with one attached hydrogen (secondary N) is 2. The van der Waals surface area contributed by atoms with E-state index in [1.165, 1.54) is 24.0 Å². The number of carbonyl (C=O) groups is 2. The Balaban J connectivity index is 0.000000359. The van der Waals surface area contributed by atoms with Gasteiger partial charge in [-0.1, -0.05) is 0 Å². The third-order valence-corrected chi connectivity index (χ3v) is 5.18. The molecule has 6 N–H and O–H groups in total. The van der Waals surface area contributed by atoms with Crippen LogP contribution < -0.4 is 27.3 Å². The van der Waals surface area contributed by atoms with Crippen molar-refractivity contribution in [1.29, 1.82) is 0 Å². The Bertz CT molecular complexity index is 828. The number of anilines is 1. The first-order chi connectivity index (χ1) is 12.3. The molecule has 0 spiro atoms. The Hall–Kier alpha value is -1.66. The van der Waals surface area contributed by atoms with Crippen molar-refractivity contribution >= 4 is 62.1 Å². The summed E-state index contributed by atoms with van der Waals surface area (Å²) in [6.45, 7) is 3.37. The molecular weight excluding hydrogens is 396 g/mol. The summed E-state index contributed by atoms with van der Waals surface area (Å²) in [5, 5.41) is 0.931. The van der Waals surface area contributed by atoms with Crippen molar-refractivity contribution in [2.75, 3.05) is 10.5 Å². The molecule has 0 aliphatic carbocycles. The number of carbonyl (C=O) groups excluding carboxylic acids is 2. The van der Waals surface area contributed by atoms with Crippen molar-refractivity contribution in [3.05, 3.63) is 40.2 Å². The van der Waals surface area contributed by atoms with E-state index in [0.29, 0.717) is 11.3 Å². The van der Waals surface area contributed by atoms with Crippen LogP contribution in [0.3, 0.4) is 0 Å². The number of nitrogens with two attached hydrogens (primary N) is 2. The molecule has 0 radical (unpaired) electrons. The number of hydrogen-bond acceptors (Lipinski definition) is 10. The van der Waals surface area contributed by atoms with Gasteiger partial charge in [-0.3, -0.25) is 15.0 Å². The third-order valence-electron chi connectivity index (χ3n) is 2.95. The number of fused-ring (bicyclic) bond motifs is 1. The molecule has 8 nitrogen and oxygen atoms in total. The summed E-state index contributed by atoms with van der Waals surface area (Å²) < 4.78 is 8.14. The van der Waals surface area contributed by atoms with Gasteiger partial charge in [-0.25, -0.2) is 10.6 Å². The quantitative estimate of drug-likeness (QED) is 0.0934. The van der Waals surface area contributed by atoms with E-state index in [0.717, 1.165) is 27.4 Å². The first-order valence-electron chi connectivity index (χ1n) is 7.30. The molecule has 2 rings (SSSR count). The Morgan fingerprint density at radius 1 is 1.35 bits per heavy atom. The van der Waals surface area contributed by atoms with Gasteiger partial charge < -0.3 is 14.9 Å². The Kier molecular flexibility index (Phi) is 9.59. The molecule has 0 saturated carbocycles. The van der Waals surface area contributed by atoms with Crippen LogP contribution in [0.25, 0.3) is 11.0 Å². The molecular formula is C15H20N4O4S3. The number of hydrogen-bond donors (Lipinski definition) is 5. The molecule has 0 aliphatic rings. The van der Waals surface area contributed by atoms with Crippen molar-refractivity contribution < 1.29 is 14.0 Å². The maximum absolute atomic E-state index is 11.3. The van der Waals surface area contributed by atoms with Crippen molar-refractivity contribution in [1.82, 2.24) is 5.43 Å². The molecule has 0 bridgehead atoms. The van der Waals surface area contributed by atoms with E-state index in [-0.39, 0.29) is 16.6 Å². The fraction of sp³-hybridized carbons (Fsp3) is 0.267. The number of thiol groups is 1. The summed E-state index contributed by atoms with van der Waals surface area (Å²) in [5.74, 6) is 4.65. The standard InChI is InChI=1S/C12H11NO3S2.C3H9N3OS/c1-7-5-12(15)16-11-6-9(3-4-10(7)11)13-18-17-8(2)14;4-2(1-8)3(7)6-5/h3-6,13H,1-2H3;2,8H,1,4-5H2,(H,6,7). The molecule has 1 unspecified atom stereocenters. The van der Waals surface area contributed by atoms with E-state index >= 15 is 0 Å². The lowest BCUT2D eigenvalue weighted by atomic mass is 10.1. The summed E-state index contributed by atoms with van der Waals surface area (Å²) in [6, 6.07) is 6.38. The molecule has 26 heavy (non-hydrogen) atoms. The van der Waals surface area contributed by atoms with Crippen LogP contribution in [0.2, 0.25) is 0 Å². The topological polar surface area (TPSA) is 140 Å². The van der Waals surface area contributed by atoms with Gasteiger partial charge in [0.25, 0.3) is 5.91 Å². The molecule has 1 aromatic heterocycles. The fourth-order valence-corrected chi connectivity index (χ4v) is 3.02. The van der Waals surface area contributed by atoms with Gasteiger partial charge in [0, 0.05) is 57.7 Å². The van der Waals surface area contributed by atoms with Gasteiger partial charge in [-0.2, -0.15) is 12.6 Å². The number of hydrazine groups is 1. The lowest BCUT2D eigenvalue weighted by Crippen LogP contribution is -2.44. The molecule has 1 amide bonds. The van der Waals surface area contributed by atoms with Crippen LogP contribution in [0.4, 0.5) is 5.69 Å². The highest BCUT2D eigenvalue weighted by atomic mass is 33.1. The van der Waals surface area contributed by atoms with Crippen molar-refractivity contribution in [3.8, 4) is 0 Å². The Morgan fingerprint density at radius 3 is 2.58 bits per heavy atom. The van der Waals surface area contributed by atoms with Crippen LogP contribution in [0.15, 0.2) is 33.5 Å². The summed E-state index contributed by atoms with van der Waals surface area (Å²) >= 11 is 3.77. The maximum atomic E-state index is 11.3. The van der Waals surface area contributed by atoms with Gasteiger partial charge >= 0.3 is 5.63 Å². The minimum absolute atomic E-state index is 0.0238. The van der Waals surface area contributed by atoms with Crippen LogP contribution in [0.1, 0.15) is 12.5 Å². The maximum Gasteiger partial charge on any atom is 0.336 e. The zero-order valence-electron chi connectivity index (χ0n) is 14.1. The highest BCUT2D eigenvalue weighted by Crippen LogP contribution is 2.27. The smallest absolute Gasteiger partial charge is 0.336 e. The molecule has 1 aromatic carbocycles. The highest BCUT2D eigenvalue weighted by Gasteiger charge is 2.07. The zero-order chi connectivity index (χ0) is 19.7. The predicted molar refractivity (Wildman–Crippen MR) is 111 cm³/mol. The second-order valence-electron chi connectivity index (χ2n) is 5.02. The van der Waals surface area contributed by atoms with E-state index in [1.807, 2.05) is 24.5 Å². The van der Waals surface area contributed by atoms with Crippen molar-refractivity contribution in [2.24, 2.45) is 11.6 Å². The zero-order valence-corrected chi connectivity index (χ0v) is 16.7. The van der Waals surface area contributed by atoms with E-state index in [4.69, 9.17) is 16.0 Å². The number of rotatable bonds is 5. The highest BCUT2D eigenvalue weighted by molar-refractivity contribution is 8.82. The van der Waals surface area contributed by atoms with E-state index in [1.54, 1.807) is 6.07 Å². The fourth-order valence-electron chi connectivity index (χ4n) is 1.71. The minimum Gasteiger partial charge on any atom is -0.423 e. The normalized spacial score (nSPS) is 11.3. The SMILES string of the molecule is CC(=O)SSNc1ccc2c(C)cc(=O)oc2c1.NNC(=O)C(N)CS. The van der Waals surface area contributed by atoms with Gasteiger partial charge in [0.2, 0.25) is 0 Å².